The molecule has 134 valence electrons. The van der Waals surface area contributed by atoms with Gasteiger partial charge in [-0.25, -0.2) is 14.2 Å². The summed E-state index contributed by atoms with van der Waals surface area (Å²) in [7, 11) is 1.53. The Kier molecular flexibility index (Phi) is 4.88. The molecule has 26 heavy (non-hydrogen) atoms. The van der Waals surface area contributed by atoms with Gasteiger partial charge in [0.2, 0.25) is 0 Å². The fourth-order valence-corrected chi connectivity index (χ4v) is 2.53. The zero-order valence-corrected chi connectivity index (χ0v) is 14.2. The van der Waals surface area contributed by atoms with Gasteiger partial charge in [0.15, 0.2) is 11.6 Å². The third-order valence-electron chi connectivity index (χ3n) is 3.77. The summed E-state index contributed by atoms with van der Waals surface area (Å²) in [6.07, 6.45) is 0. The van der Waals surface area contributed by atoms with Crippen molar-refractivity contribution >= 4 is 28.4 Å². The van der Waals surface area contributed by atoms with Crippen LogP contribution in [0.1, 0.15) is 17.3 Å². The Bertz CT molecular complexity index is 975. The average molecular weight is 356 g/mol. The number of carboxylic acids is 1. The van der Waals surface area contributed by atoms with Crippen LogP contribution < -0.4 is 14.8 Å². The van der Waals surface area contributed by atoms with Crippen molar-refractivity contribution in [3.05, 3.63) is 53.8 Å². The number of hydrogen-bond acceptors (Lipinski definition) is 5. The summed E-state index contributed by atoms with van der Waals surface area (Å²) >= 11 is 0. The molecular formula is C19H17FN2O4. The van der Waals surface area contributed by atoms with Gasteiger partial charge in [0.05, 0.1) is 24.9 Å². The molecule has 0 saturated carbocycles. The molecule has 0 aliphatic carbocycles. The fraction of sp³-hybridized carbons (Fsp3) is 0.158. The average Bonchev–Trinajstić information content (AvgIpc) is 2.64. The van der Waals surface area contributed by atoms with Gasteiger partial charge in [0, 0.05) is 11.5 Å². The fourth-order valence-electron chi connectivity index (χ4n) is 2.53. The van der Waals surface area contributed by atoms with E-state index in [0.717, 1.165) is 0 Å². The first-order valence-corrected chi connectivity index (χ1v) is 7.94. The first-order valence-electron chi connectivity index (χ1n) is 7.94. The number of ether oxygens (including phenoxy) is 2. The van der Waals surface area contributed by atoms with E-state index in [9.17, 15) is 14.3 Å². The molecule has 0 aliphatic rings. The number of fused-ring (bicyclic) bond motifs is 1. The predicted octanol–water partition coefficient (Wildman–Crippen LogP) is 4.22. The third-order valence-corrected chi connectivity index (χ3v) is 3.77. The van der Waals surface area contributed by atoms with Gasteiger partial charge < -0.3 is 19.9 Å². The Morgan fingerprint density at radius 2 is 2.08 bits per heavy atom. The Morgan fingerprint density at radius 1 is 1.27 bits per heavy atom. The van der Waals surface area contributed by atoms with E-state index < -0.39 is 11.8 Å². The number of pyridine rings is 1. The van der Waals surface area contributed by atoms with E-state index in [-0.39, 0.29) is 22.8 Å². The quantitative estimate of drug-likeness (QED) is 0.688. The Balaban J connectivity index is 2.09. The molecule has 0 aliphatic heterocycles. The summed E-state index contributed by atoms with van der Waals surface area (Å²) in [5.74, 6) is -1.08. The number of aromatic carboxylic acids is 1. The van der Waals surface area contributed by atoms with E-state index in [0.29, 0.717) is 23.3 Å². The molecule has 3 aromatic rings. The highest BCUT2D eigenvalue weighted by Crippen LogP contribution is 2.30. The molecule has 0 bridgehead atoms. The van der Waals surface area contributed by atoms with E-state index in [1.54, 1.807) is 31.2 Å². The lowest BCUT2D eigenvalue weighted by molar-refractivity contribution is 0.0698. The van der Waals surface area contributed by atoms with Gasteiger partial charge in [-0.05, 0) is 37.3 Å². The van der Waals surface area contributed by atoms with Crippen molar-refractivity contribution in [3.8, 4) is 11.5 Å². The molecule has 0 atom stereocenters. The monoisotopic (exact) mass is 356 g/mol. The van der Waals surface area contributed by atoms with Crippen LogP contribution in [0.2, 0.25) is 0 Å². The van der Waals surface area contributed by atoms with E-state index in [2.05, 4.69) is 10.3 Å². The van der Waals surface area contributed by atoms with Crippen LogP contribution in [0.4, 0.5) is 15.9 Å². The minimum atomic E-state index is -1.17. The first-order chi connectivity index (χ1) is 12.5. The number of carboxylic acid groups (broad SMARTS) is 1. The van der Waals surface area contributed by atoms with E-state index in [4.69, 9.17) is 9.47 Å². The van der Waals surface area contributed by atoms with E-state index in [1.807, 2.05) is 0 Å². The van der Waals surface area contributed by atoms with Crippen LogP contribution in [0.25, 0.3) is 10.9 Å². The molecule has 6 nitrogen and oxygen atoms in total. The van der Waals surface area contributed by atoms with Gasteiger partial charge in [-0.1, -0.05) is 6.07 Å². The Morgan fingerprint density at radius 3 is 2.77 bits per heavy atom. The number of nitrogens with one attached hydrogen (secondary N) is 1. The molecule has 0 saturated heterocycles. The molecule has 0 radical (unpaired) electrons. The number of benzene rings is 2. The van der Waals surface area contributed by atoms with Gasteiger partial charge in [0.25, 0.3) is 0 Å². The summed E-state index contributed by atoms with van der Waals surface area (Å²) in [5, 5.41) is 12.9. The zero-order valence-electron chi connectivity index (χ0n) is 14.2. The van der Waals surface area contributed by atoms with Gasteiger partial charge in [-0.2, -0.15) is 0 Å². The largest absolute Gasteiger partial charge is 0.497 e. The number of hydrogen-bond donors (Lipinski definition) is 2. The van der Waals surface area contributed by atoms with Crippen molar-refractivity contribution in [2.45, 2.75) is 6.92 Å². The van der Waals surface area contributed by atoms with Crippen molar-refractivity contribution in [2.24, 2.45) is 0 Å². The minimum absolute atomic E-state index is 0.0331. The maximum atomic E-state index is 14.5. The number of nitrogens with zero attached hydrogens (tertiary/aromatic N) is 1. The van der Waals surface area contributed by atoms with Gasteiger partial charge in [-0.3, -0.25) is 0 Å². The predicted molar refractivity (Wildman–Crippen MR) is 96.1 cm³/mol. The van der Waals surface area contributed by atoms with Crippen LogP contribution in [0, 0.1) is 5.82 Å². The normalized spacial score (nSPS) is 10.6. The lowest BCUT2D eigenvalue weighted by atomic mass is 10.1. The highest BCUT2D eigenvalue weighted by atomic mass is 19.1. The smallest absolute Gasteiger partial charge is 0.339 e. The van der Waals surface area contributed by atoms with Gasteiger partial charge in [0.1, 0.15) is 17.1 Å². The second-order valence-corrected chi connectivity index (χ2v) is 5.42. The van der Waals surface area contributed by atoms with Crippen molar-refractivity contribution < 1.29 is 23.8 Å². The number of halogens is 1. The highest BCUT2D eigenvalue weighted by molar-refractivity contribution is 5.99. The Labute approximate surface area is 149 Å². The van der Waals surface area contributed by atoms with Crippen LogP contribution in [-0.4, -0.2) is 29.8 Å². The van der Waals surface area contributed by atoms with E-state index in [1.165, 1.54) is 25.3 Å². The lowest BCUT2D eigenvalue weighted by Gasteiger charge is -2.13. The Hall–Kier alpha value is -3.35. The molecule has 7 heteroatoms. The molecule has 1 aromatic heterocycles. The van der Waals surface area contributed by atoms with E-state index >= 15 is 0 Å². The van der Waals surface area contributed by atoms with Gasteiger partial charge >= 0.3 is 5.97 Å². The zero-order chi connectivity index (χ0) is 18.7. The molecular weight excluding hydrogens is 339 g/mol. The van der Waals surface area contributed by atoms with Crippen LogP contribution in [0.15, 0.2) is 42.5 Å². The highest BCUT2D eigenvalue weighted by Gasteiger charge is 2.17. The van der Waals surface area contributed by atoms with Crippen molar-refractivity contribution in [1.82, 2.24) is 4.98 Å². The van der Waals surface area contributed by atoms with Crippen LogP contribution in [0.3, 0.4) is 0 Å². The maximum absolute atomic E-state index is 14.5. The van der Waals surface area contributed by atoms with Crippen molar-refractivity contribution in [3.63, 3.8) is 0 Å². The standard InChI is InChI=1S/C19H17FN2O4/c1-3-26-16-6-4-5-14(17(16)20)21-18-13(19(23)24)9-11-7-8-12(25-2)10-15(11)22-18/h4-10H,3H2,1-2H3,(H,21,22)(H,23,24). The van der Waals surface area contributed by atoms with Crippen LogP contribution in [-0.2, 0) is 0 Å². The molecule has 0 amide bonds. The summed E-state index contributed by atoms with van der Waals surface area (Å²) in [6.45, 7) is 2.06. The van der Waals surface area contributed by atoms with Crippen molar-refractivity contribution in [1.29, 1.82) is 0 Å². The first kappa shape index (κ1) is 17.5. The molecule has 0 spiro atoms. The summed E-state index contributed by atoms with van der Waals surface area (Å²) in [4.78, 5) is 15.9. The topological polar surface area (TPSA) is 80.7 Å². The third kappa shape index (κ3) is 3.37. The molecule has 2 aromatic carbocycles. The molecule has 2 N–H and O–H groups in total. The number of anilines is 2. The second-order valence-electron chi connectivity index (χ2n) is 5.42. The number of rotatable bonds is 6. The van der Waals surface area contributed by atoms with Crippen LogP contribution in [0.5, 0.6) is 11.5 Å². The summed E-state index contributed by atoms with van der Waals surface area (Å²) in [6, 6.07) is 11.2. The lowest BCUT2D eigenvalue weighted by Crippen LogP contribution is -2.07. The number of carbonyl (C=O) groups is 1. The van der Waals surface area contributed by atoms with Crippen LogP contribution >= 0.6 is 0 Å². The summed E-state index contributed by atoms with van der Waals surface area (Å²) in [5.41, 5.74) is 0.537. The number of aromatic nitrogens is 1. The minimum Gasteiger partial charge on any atom is -0.497 e. The molecule has 0 unspecified atom stereocenters. The SMILES string of the molecule is CCOc1cccc(Nc2nc3cc(OC)ccc3cc2C(=O)O)c1F. The molecule has 3 rings (SSSR count). The maximum Gasteiger partial charge on any atom is 0.339 e. The van der Waals surface area contributed by atoms with Gasteiger partial charge in [-0.15, -0.1) is 0 Å². The number of methoxy groups -OCH3 is 1. The summed E-state index contributed by atoms with van der Waals surface area (Å²) < 4.78 is 24.9. The van der Waals surface area contributed by atoms with Crippen molar-refractivity contribution in [2.75, 3.05) is 19.0 Å². The molecule has 0 fully saturated rings. The molecule has 1 heterocycles. The second kappa shape index (κ2) is 7.26.